The van der Waals surface area contributed by atoms with E-state index in [1.54, 1.807) is 0 Å². The van der Waals surface area contributed by atoms with Crippen molar-refractivity contribution in [3.8, 4) is 0 Å². The Labute approximate surface area is 140 Å². The van der Waals surface area contributed by atoms with E-state index in [0.29, 0.717) is 25.9 Å². The highest BCUT2D eigenvalue weighted by Gasteiger charge is 2.33. The van der Waals surface area contributed by atoms with Gasteiger partial charge < -0.3 is 15.2 Å². The Morgan fingerprint density at radius 3 is 2.78 bits per heavy atom. The Morgan fingerprint density at radius 1 is 1.39 bits per heavy atom. The lowest BCUT2D eigenvalue weighted by Crippen LogP contribution is -2.32. The molecule has 2 atom stereocenters. The summed E-state index contributed by atoms with van der Waals surface area (Å²) in [4.78, 5) is 14.3. The van der Waals surface area contributed by atoms with Crippen LogP contribution in [0, 0.1) is 6.92 Å². The van der Waals surface area contributed by atoms with Gasteiger partial charge in [-0.3, -0.25) is 4.79 Å². The Balaban J connectivity index is 1.61. The molecule has 1 amide bonds. The first-order chi connectivity index (χ1) is 11.1. The molecular formula is C17H20ClN3O2. The van der Waals surface area contributed by atoms with Crippen LogP contribution in [0.4, 0.5) is 0 Å². The molecule has 0 unspecified atom stereocenters. The third kappa shape index (κ3) is 3.41. The molecule has 0 spiro atoms. The molecule has 2 heterocycles. The van der Waals surface area contributed by atoms with Gasteiger partial charge in [0.2, 0.25) is 11.1 Å². The van der Waals surface area contributed by atoms with Crippen molar-refractivity contribution in [1.29, 1.82) is 0 Å². The molecule has 1 saturated heterocycles. The van der Waals surface area contributed by atoms with Gasteiger partial charge in [-0.2, -0.15) is 0 Å². The second-order valence-electron chi connectivity index (χ2n) is 6.00. The van der Waals surface area contributed by atoms with Gasteiger partial charge in [-0.25, -0.2) is 0 Å². The smallest absolute Gasteiger partial charge is 0.229 e. The van der Waals surface area contributed by atoms with Crippen molar-refractivity contribution in [2.75, 3.05) is 13.1 Å². The predicted molar refractivity (Wildman–Crippen MR) is 88.3 cm³/mol. The summed E-state index contributed by atoms with van der Waals surface area (Å²) in [6, 6.07) is 10.1. The van der Waals surface area contributed by atoms with E-state index < -0.39 is 0 Å². The van der Waals surface area contributed by atoms with Crippen molar-refractivity contribution >= 4 is 17.5 Å². The molecule has 0 saturated carbocycles. The van der Waals surface area contributed by atoms with Gasteiger partial charge in [0.15, 0.2) is 0 Å². The fourth-order valence-electron chi connectivity index (χ4n) is 3.12. The summed E-state index contributed by atoms with van der Waals surface area (Å²) in [6.07, 6.45) is 0.921. The molecule has 5 nitrogen and oxygen atoms in total. The number of halogens is 1. The van der Waals surface area contributed by atoms with Crippen LogP contribution in [-0.2, 0) is 11.2 Å². The van der Waals surface area contributed by atoms with E-state index in [2.05, 4.69) is 17.3 Å². The monoisotopic (exact) mass is 333 g/mol. The second-order valence-corrected chi connectivity index (χ2v) is 6.34. The number of nitrogens with two attached hydrogens (primary N) is 1. The predicted octanol–water partition coefficient (Wildman–Crippen LogP) is 2.52. The highest BCUT2D eigenvalue weighted by molar-refractivity contribution is 6.29. The maximum absolute atomic E-state index is 12.5. The number of benzene rings is 1. The molecular weight excluding hydrogens is 314 g/mol. The SMILES string of the molecule is Cc1noc(Cl)c1CCC(=O)N1C[C@@H](N)[C@H](c2ccccc2)C1. The number of carbonyl (C=O) groups excluding carboxylic acids is 1. The minimum absolute atomic E-state index is 0.0257. The van der Waals surface area contributed by atoms with Crippen LogP contribution < -0.4 is 5.73 Å². The molecule has 23 heavy (non-hydrogen) atoms. The van der Waals surface area contributed by atoms with E-state index >= 15 is 0 Å². The van der Waals surface area contributed by atoms with E-state index in [-0.39, 0.29) is 23.1 Å². The molecule has 0 aliphatic carbocycles. The summed E-state index contributed by atoms with van der Waals surface area (Å²) < 4.78 is 4.92. The average Bonchev–Trinajstić information content (AvgIpc) is 3.09. The van der Waals surface area contributed by atoms with Crippen molar-refractivity contribution < 1.29 is 9.32 Å². The van der Waals surface area contributed by atoms with Crippen LogP contribution in [0.2, 0.25) is 5.22 Å². The first-order valence-electron chi connectivity index (χ1n) is 7.75. The number of aromatic nitrogens is 1. The summed E-state index contributed by atoms with van der Waals surface area (Å²) in [5, 5.41) is 4.08. The molecule has 1 aromatic heterocycles. The van der Waals surface area contributed by atoms with Gasteiger partial charge in [-0.15, -0.1) is 0 Å². The lowest BCUT2D eigenvalue weighted by Gasteiger charge is -2.16. The van der Waals surface area contributed by atoms with Crippen LogP contribution in [0.5, 0.6) is 0 Å². The van der Waals surface area contributed by atoms with Crippen molar-refractivity contribution in [1.82, 2.24) is 10.1 Å². The highest BCUT2D eigenvalue weighted by Crippen LogP contribution is 2.27. The van der Waals surface area contributed by atoms with E-state index in [9.17, 15) is 4.79 Å². The van der Waals surface area contributed by atoms with Crippen LogP contribution in [0.1, 0.15) is 29.2 Å². The summed E-state index contributed by atoms with van der Waals surface area (Å²) >= 11 is 5.94. The van der Waals surface area contributed by atoms with Crippen LogP contribution in [0.15, 0.2) is 34.9 Å². The van der Waals surface area contributed by atoms with Gasteiger partial charge in [-0.1, -0.05) is 35.5 Å². The van der Waals surface area contributed by atoms with Crippen molar-refractivity contribution in [2.45, 2.75) is 31.7 Å². The third-order valence-electron chi connectivity index (χ3n) is 4.47. The molecule has 2 N–H and O–H groups in total. The van der Waals surface area contributed by atoms with Gasteiger partial charge in [-0.05, 0) is 30.5 Å². The van der Waals surface area contributed by atoms with Gasteiger partial charge >= 0.3 is 0 Å². The Hall–Kier alpha value is -1.85. The maximum Gasteiger partial charge on any atom is 0.229 e. The van der Waals surface area contributed by atoms with Crippen molar-refractivity contribution in [2.24, 2.45) is 5.73 Å². The minimum Gasteiger partial charge on any atom is -0.344 e. The number of carbonyl (C=O) groups is 1. The zero-order valence-electron chi connectivity index (χ0n) is 13.0. The van der Waals surface area contributed by atoms with Crippen molar-refractivity contribution in [3.63, 3.8) is 0 Å². The molecule has 0 radical (unpaired) electrons. The zero-order chi connectivity index (χ0) is 16.4. The van der Waals surface area contributed by atoms with Crippen LogP contribution in [0.25, 0.3) is 0 Å². The van der Waals surface area contributed by atoms with Gasteiger partial charge in [0.05, 0.1) is 5.69 Å². The molecule has 122 valence electrons. The molecule has 1 aromatic carbocycles. The first kappa shape index (κ1) is 16.0. The summed E-state index contributed by atoms with van der Waals surface area (Å²) in [7, 11) is 0. The number of nitrogens with zero attached hydrogens (tertiary/aromatic N) is 2. The van der Waals surface area contributed by atoms with Crippen LogP contribution >= 0.6 is 11.6 Å². The van der Waals surface area contributed by atoms with Crippen molar-refractivity contribution in [3.05, 3.63) is 52.4 Å². The first-order valence-corrected chi connectivity index (χ1v) is 8.13. The largest absolute Gasteiger partial charge is 0.344 e. The molecule has 1 aliphatic heterocycles. The summed E-state index contributed by atoms with van der Waals surface area (Å²) in [5.74, 6) is 0.289. The zero-order valence-corrected chi connectivity index (χ0v) is 13.8. The number of amides is 1. The van der Waals surface area contributed by atoms with E-state index in [0.717, 1.165) is 11.3 Å². The molecule has 6 heteroatoms. The number of aryl methyl sites for hydroxylation is 1. The molecule has 2 aromatic rings. The number of rotatable bonds is 4. The van der Waals surface area contributed by atoms with Gasteiger partial charge in [0.1, 0.15) is 0 Å². The average molecular weight is 334 g/mol. The lowest BCUT2D eigenvalue weighted by molar-refractivity contribution is -0.130. The number of hydrogen-bond acceptors (Lipinski definition) is 4. The van der Waals surface area contributed by atoms with Gasteiger partial charge in [0, 0.05) is 37.0 Å². The lowest BCUT2D eigenvalue weighted by atomic mass is 9.95. The van der Waals surface area contributed by atoms with E-state index in [4.69, 9.17) is 21.9 Å². The normalized spacial score (nSPS) is 20.9. The summed E-state index contributed by atoms with van der Waals surface area (Å²) in [5.41, 5.74) is 8.97. The molecule has 0 bridgehead atoms. The summed E-state index contributed by atoms with van der Waals surface area (Å²) in [6.45, 7) is 3.08. The van der Waals surface area contributed by atoms with E-state index in [1.807, 2.05) is 30.0 Å². The second kappa shape index (κ2) is 6.72. The molecule has 1 aliphatic rings. The standard InChI is InChI=1S/C17H20ClN3O2/c1-11-13(17(18)23-20-11)7-8-16(22)21-9-14(15(19)10-21)12-5-3-2-4-6-12/h2-6,14-15H,7-10,19H2,1H3/t14-,15+/m0/s1. The van der Waals surface area contributed by atoms with Crippen LogP contribution in [-0.4, -0.2) is 35.1 Å². The third-order valence-corrected chi connectivity index (χ3v) is 4.77. The fourth-order valence-corrected chi connectivity index (χ4v) is 3.38. The Kier molecular flexibility index (Phi) is 4.68. The topological polar surface area (TPSA) is 72.4 Å². The van der Waals surface area contributed by atoms with Gasteiger partial charge in [0.25, 0.3) is 0 Å². The molecule has 3 rings (SSSR count). The minimum atomic E-state index is -0.0257. The highest BCUT2D eigenvalue weighted by atomic mass is 35.5. The Bertz CT molecular complexity index is 667. The Morgan fingerprint density at radius 2 is 2.13 bits per heavy atom. The van der Waals surface area contributed by atoms with E-state index in [1.165, 1.54) is 5.56 Å². The fraction of sp³-hybridized carbons (Fsp3) is 0.412. The van der Waals surface area contributed by atoms with Crippen LogP contribution in [0.3, 0.4) is 0 Å². The molecule has 1 fully saturated rings. The number of likely N-dealkylation sites (tertiary alicyclic amines) is 1. The quantitative estimate of drug-likeness (QED) is 0.933. The number of hydrogen-bond donors (Lipinski definition) is 1. The maximum atomic E-state index is 12.5.